The summed E-state index contributed by atoms with van der Waals surface area (Å²) in [5.74, 6) is 1.23. The lowest BCUT2D eigenvalue weighted by atomic mass is 10.1. The topological polar surface area (TPSA) is 81.4 Å². The zero-order valence-corrected chi connectivity index (χ0v) is 16.1. The standard InChI is InChI=1S/C22H21N5O2/c1-2-29-22(28)19-12-27-11-16(6-8-20(27)26-19)15-5-7-18-17(9-15)21(25-13-24-18)23-10-14-3-4-14/h5-9,11-14H,2-4,10H2,1H3,(H,23,24,25). The highest BCUT2D eigenvalue weighted by atomic mass is 16.5. The average molecular weight is 387 g/mol. The van der Waals surface area contributed by atoms with Crippen LogP contribution in [0, 0.1) is 5.92 Å². The Balaban J connectivity index is 1.51. The van der Waals surface area contributed by atoms with Gasteiger partial charge in [-0.3, -0.25) is 0 Å². The first-order valence-corrected chi connectivity index (χ1v) is 9.86. The molecular formula is C22H21N5O2. The molecule has 7 nitrogen and oxygen atoms in total. The van der Waals surface area contributed by atoms with Crippen LogP contribution < -0.4 is 5.32 Å². The predicted molar refractivity (Wildman–Crippen MR) is 111 cm³/mol. The van der Waals surface area contributed by atoms with Crippen LogP contribution in [0.3, 0.4) is 0 Å². The van der Waals surface area contributed by atoms with Crippen molar-refractivity contribution < 1.29 is 9.53 Å². The molecule has 0 saturated heterocycles. The van der Waals surface area contributed by atoms with Gasteiger partial charge in [-0.05, 0) is 61.1 Å². The summed E-state index contributed by atoms with van der Waals surface area (Å²) in [5.41, 5.74) is 3.99. The zero-order chi connectivity index (χ0) is 19.8. The molecule has 0 aliphatic heterocycles. The lowest BCUT2D eigenvalue weighted by Crippen LogP contribution is -2.05. The normalized spacial score (nSPS) is 13.7. The number of imidazole rings is 1. The quantitative estimate of drug-likeness (QED) is 0.505. The SMILES string of the molecule is CCOC(=O)c1cn2cc(-c3ccc4ncnc(NCC5CC5)c4c3)ccc2n1. The summed E-state index contributed by atoms with van der Waals surface area (Å²) in [5, 5.41) is 4.47. The number of pyridine rings is 1. The van der Waals surface area contributed by atoms with Crippen LogP contribution in [-0.4, -0.2) is 38.5 Å². The maximum Gasteiger partial charge on any atom is 0.358 e. The van der Waals surface area contributed by atoms with E-state index in [-0.39, 0.29) is 0 Å². The van der Waals surface area contributed by atoms with Gasteiger partial charge in [0.05, 0.1) is 12.1 Å². The van der Waals surface area contributed by atoms with E-state index in [1.165, 1.54) is 12.8 Å². The van der Waals surface area contributed by atoms with E-state index in [0.29, 0.717) is 17.9 Å². The molecule has 7 heteroatoms. The van der Waals surface area contributed by atoms with Crippen molar-refractivity contribution in [1.82, 2.24) is 19.4 Å². The second-order valence-corrected chi connectivity index (χ2v) is 7.31. The number of ether oxygens (including phenoxy) is 1. The van der Waals surface area contributed by atoms with Crippen LogP contribution >= 0.6 is 0 Å². The summed E-state index contributed by atoms with van der Waals surface area (Å²) in [7, 11) is 0. The summed E-state index contributed by atoms with van der Waals surface area (Å²) in [4.78, 5) is 25.1. The molecule has 5 rings (SSSR count). The van der Waals surface area contributed by atoms with Crippen LogP contribution in [0.15, 0.2) is 49.1 Å². The summed E-state index contributed by atoms with van der Waals surface area (Å²) >= 11 is 0. The molecule has 0 atom stereocenters. The molecule has 1 aliphatic carbocycles. The number of rotatable bonds is 6. The van der Waals surface area contributed by atoms with Gasteiger partial charge in [0, 0.05) is 24.3 Å². The maximum absolute atomic E-state index is 11.9. The van der Waals surface area contributed by atoms with E-state index in [9.17, 15) is 4.79 Å². The third-order valence-corrected chi connectivity index (χ3v) is 5.16. The second-order valence-electron chi connectivity index (χ2n) is 7.31. The summed E-state index contributed by atoms with van der Waals surface area (Å²) in [6.07, 6.45) is 7.85. The van der Waals surface area contributed by atoms with Crippen LogP contribution in [0.1, 0.15) is 30.3 Å². The lowest BCUT2D eigenvalue weighted by Gasteiger charge is -2.09. The van der Waals surface area contributed by atoms with Crippen molar-refractivity contribution >= 4 is 28.3 Å². The third-order valence-electron chi connectivity index (χ3n) is 5.16. The van der Waals surface area contributed by atoms with Gasteiger partial charge in [-0.25, -0.2) is 19.7 Å². The molecule has 0 unspecified atom stereocenters. The highest BCUT2D eigenvalue weighted by Gasteiger charge is 2.21. The molecule has 0 radical (unpaired) electrons. The van der Waals surface area contributed by atoms with Crippen molar-refractivity contribution in [3.05, 3.63) is 54.7 Å². The molecule has 0 amide bonds. The minimum absolute atomic E-state index is 0.308. The van der Waals surface area contributed by atoms with Gasteiger partial charge in [0.2, 0.25) is 0 Å². The van der Waals surface area contributed by atoms with Crippen molar-refractivity contribution in [1.29, 1.82) is 0 Å². The highest BCUT2D eigenvalue weighted by Crippen LogP contribution is 2.31. The Morgan fingerprint density at radius 3 is 2.86 bits per heavy atom. The van der Waals surface area contributed by atoms with E-state index < -0.39 is 5.97 Å². The molecule has 1 saturated carbocycles. The van der Waals surface area contributed by atoms with Gasteiger partial charge in [0.25, 0.3) is 0 Å². The molecular weight excluding hydrogens is 366 g/mol. The number of hydrogen-bond acceptors (Lipinski definition) is 6. The summed E-state index contributed by atoms with van der Waals surface area (Å²) in [6.45, 7) is 3.06. The average Bonchev–Trinajstić information content (AvgIpc) is 3.47. The van der Waals surface area contributed by atoms with E-state index in [1.54, 1.807) is 19.4 Å². The Bertz CT molecular complexity index is 1210. The molecule has 146 valence electrons. The largest absolute Gasteiger partial charge is 0.461 e. The van der Waals surface area contributed by atoms with Crippen molar-refractivity contribution in [3.8, 4) is 11.1 Å². The molecule has 1 fully saturated rings. The van der Waals surface area contributed by atoms with E-state index in [4.69, 9.17) is 4.74 Å². The Morgan fingerprint density at radius 1 is 1.17 bits per heavy atom. The number of hydrogen-bond donors (Lipinski definition) is 1. The number of aromatic nitrogens is 4. The number of esters is 1. The van der Waals surface area contributed by atoms with Gasteiger partial charge in [0.15, 0.2) is 5.69 Å². The second kappa shape index (κ2) is 7.16. The minimum Gasteiger partial charge on any atom is -0.461 e. The highest BCUT2D eigenvalue weighted by molar-refractivity contribution is 5.92. The van der Waals surface area contributed by atoms with Crippen LogP contribution in [0.25, 0.3) is 27.7 Å². The van der Waals surface area contributed by atoms with E-state index in [0.717, 1.165) is 40.3 Å². The fraction of sp³-hybridized carbons (Fsp3) is 0.273. The third kappa shape index (κ3) is 3.51. The number of nitrogens with one attached hydrogen (secondary N) is 1. The van der Waals surface area contributed by atoms with Gasteiger partial charge in [-0.15, -0.1) is 0 Å². The fourth-order valence-corrected chi connectivity index (χ4v) is 3.41. The first kappa shape index (κ1) is 17.6. The van der Waals surface area contributed by atoms with Crippen LogP contribution in [0.4, 0.5) is 5.82 Å². The summed E-state index contributed by atoms with van der Waals surface area (Å²) < 4.78 is 6.89. The van der Waals surface area contributed by atoms with Gasteiger partial charge in [-0.1, -0.05) is 6.07 Å². The molecule has 1 aliphatic rings. The fourth-order valence-electron chi connectivity index (χ4n) is 3.41. The van der Waals surface area contributed by atoms with Crippen molar-refractivity contribution in [3.63, 3.8) is 0 Å². The summed E-state index contributed by atoms with van der Waals surface area (Å²) in [6, 6.07) is 10.1. The number of benzene rings is 1. The first-order chi connectivity index (χ1) is 14.2. The molecule has 0 spiro atoms. The number of nitrogens with zero attached hydrogens (tertiary/aromatic N) is 4. The van der Waals surface area contributed by atoms with Crippen molar-refractivity contribution in [2.24, 2.45) is 5.92 Å². The van der Waals surface area contributed by atoms with E-state index in [2.05, 4.69) is 26.3 Å². The van der Waals surface area contributed by atoms with Crippen molar-refractivity contribution in [2.45, 2.75) is 19.8 Å². The molecule has 0 bridgehead atoms. The maximum atomic E-state index is 11.9. The van der Waals surface area contributed by atoms with E-state index >= 15 is 0 Å². The van der Waals surface area contributed by atoms with E-state index in [1.807, 2.05) is 34.9 Å². The smallest absolute Gasteiger partial charge is 0.358 e. The zero-order valence-electron chi connectivity index (χ0n) is 16.1. The Labute approximate surface area is 167 Å². The molecule has 3 heterocycles. The molecule has 29 heavy (non-hydrogen) atoms. The lowest BCUT2D eigenvalue weighted by molar-refractivity contribution is 0.0520. The van der Waals surface area contributed by atoms with Gasteiger partial charge < -0.3 is 14.5 Å². The first-order valence-electron chi connectivity index (χ1n) is 9.86. The van der Waals surface area contributed by atoms with Crippen LogP contribution in [0.5, 0.6) is 0 Å². The van der Waals surface area contributed by atoms with Gasteiger partial charge >= 0.3 is 5.97 Å². The minimum atomic E-state index is -0.410. The molecule has 3 aromatic heterocycles. The van der Waals surface area contributed by atoms with Gasteiger partial charge in [0.1, 0.15) is 17.8 Å². The molecule has 1 aromatic carbocycles. The number of anilines is 1. The van der Waals surface area contributed by atoms with Crippen LogP contribution in [0.2, 0.25) is 0 Å². The Hall–Kier alpha value is -3.48. The Morgan fingerprint density at radius 2 is 2.03 bits per heavy atom. The number of carbonyl (C=O) groups is 1. The number of fused-ring (bicyclic) bond motifs is 2. The molecule has 4 aromatic rings. The Kier molecular flexibility index (Phi) is 4.35. The van der Waals surface area contributed by atoms with Crippen molar-refractivity contribution in [2.75, 3.05) is 18.5 Å². The molecule has 1 N–H and O–H groups in total. The predicted octanol–water partition coefficient (Wildman–Crippen LogP) is 3.94. The van der Waals surface area contributed by atoms with Crippen LogP contribution in [-0.2, 0) is 4.74 Å². The van der Waals surface area contributed by atoms with Gasteiger partial charge in [-0.2, -0.15) is 0 Å². The number of carbonyl (C=O) groups excluding carboxylic acids is 1. The monoisotopic (exact) mass is 387 g/mol.